The van der Waals surface area contributed by atoms with Crippen LogP contribution >= 0.6 is 0 Å². The van der Waals surface area contributed by atoms with Gasteiger partial charge in [0.25, 0.3) is 0 Å². The number of nitriles is 1. The van der Waals surface area contributed by atoms with Gasteiger partial charge in [-0.15, -0.1) is 0 Å². The lowest BCUT2D eigenvalue weighted by Gasteiger charge is -2.15. The van der Waals surface area contributed by atoms with Gasteiger partial charge in [0.1, 0.15) is 11.9 Å². The van der Waals surface area contributed by atoms with Crippen molar-refractivity contribution in [1.29, 1.82) is 5.26 Å². The van der Waals surface area contributed by atoms with Gasteiger partial charge >= 0.3 is 18.3 Å². The number of aliphatic carboxylic acids is 1. The van der Waals surface area contributed by atoms with E-state index in [1.165, 1.54) is 25.0 Å². The summed E-state index contributed by atoms with van der Waals surface area (Å²) in [4.78, 5) is 19.4. The van der Waals surface area contributed by atoms with E-state index < -0.39 is 23.9 Å². The first-order chi connectivity index (χ1) is 15.4. The lowest BCUT2D eigenvalue weighted by atomic mass is 10.1. The largest absolute Gasteiger partial charge is 0.490 e. The number of benzene rings is 1. The molecule has 0 bridgehead atoms. The highest BCUT2D eigenvalue weighted by Gasteiger charge is 2.38. The number of aromatic nitrogens is 2. The van der Waals surface area contributed by atoms with E-state index in [1.54, 1.807) is 6.07 Å². The number of carboxylic acids is 1. The minimum absolute atomic E-state index is 0.0800. The predicted molar refractivity (Wildman–Crippen MR) is 105 cm³/mol. The highest BCUT2D eigenvalue weighted by molar-refractivity contribution is 5.73. The third kappa shape index (κ3) is 8.23. The molecule has 13 heteroatoms. The van der Waals surface area contributed by atoms with Gasteiger partial charge < -0.3 is 15.3 Å². The van der Waals surface area contributed by atoms with E-state index in [2.05, 4.69) is 20.2 Å². The van der Waals surface area contributed by atoms with Crippen molar-refractivity contribution in [2.24, 2.45) is 0 Å². The lowest BCUT2D eigenvalue weighted by Crippen LogP contribution is -2.26. The Morgan fingerprint density at radius 3 is 2.30 bits per heavy atom. The van der Waals surface area contributed by atoms with Crippen LogP contribution in [0.3, 0.4) is 0 Å². The van der Waals surface area contributed by atoms with Crippen LogP contribution in [0.4, 0.5) is 32.2 Å². The van der Waals surface area contributed by atoms with E-state index in [1.807, 2.05) is 6.07 Å². The highest BCUT2D eigenvalue weighted by Crippen LogP contribution is 2.32. The first kappa shape index (κ1) is 25.9. The van der Waals surface area contributed by atoms with Gasteiger partial charge in [-0.2, -0.15) is 31.6 Å². The molecule has 1 aliphatic heterocycles. The average molecular weight is 475 g/mol. The zero-order valence-electron chi connectivity index (χ0n) is 17.0. The van der Waals surface area contributed by atoms with Crippen LogP contribution in [-0.2, 0) is 11.0 Å². The van der Waals surface area contributed by atoms with E-state index in [9.17, 15) is 26.3 Å². The molecule has 0 spiro atoms. The molecule has 1 saturated heterocycles. The molecule has 0 atom stereocenters. The van der Waals surface area contributed by atoms with E-state index in [4.69, 9.17) is 15.2 Å². The van der Waals surface area contributed by atoms with E-state index in [0.717, 1.165) is 31.8 Å². The van der Waals surface area contributed by atoms with Crippen LogP contribution in [0.1, 0.15) is 24.2 Å². The number of anilines is 1. The standard InChI is InChI=1S/C18H18F3N5.C2HF3O2/c19-18(20,21)14-5-3-4-13(10-14)15-11-16(25-17(12-22)24-15)23-6-9-26-7-1-2-8-26;3-2(4,5)1(6)7/h3-5,10-11H,1-2,6-9H2,(H,23,24,25);(H,6,7). The number of hydrogen-bond donors (Lipinski definition) is 2. The average Bonchev–Trinajstić information content (AvgIpc) is 3.26. The van der Waals surface area contributed by atoms with Crippen molar-refractivity contribution >= 4 is 11.8 Å². The second-order valence-corrected chi connectivity index (χ2v) is 6.93. The van der Waals surface area contributed by atoms with Gasteiger partial charge in [0, 0.05) is 24.7 Å². The maximum absolute atomic E-state index is 12.9. The van der Waals surface area contributed by atoms with Crippen LogP contribution in [0.2, 0.25) is 0 Å². The summed E-state index contributed by atoms with van der Waals surface area (Å²) in [6, 6.07) is 8.32. The molecule has 2 heterocycles. The van der Waals surface area contributed by atoms with Gasteiger partial charge in [0.2, 0.25) is 5.82 Å². The zero-order valence-corrected chi connectivity index (χ0v) is 17.0. The molecule has 0 radical (unpaired) electrons. The van der Waals surface area contributed by atoms with Crippen LogP contribution in [0, 0.1) is 11.3 Å². The van der Waals surface area contributed by atoms with Crippen molar-refractivity contribution in [3.05, 3.63) is 41.7 Å². The van der Waals surface area contributed by atoms with Gasteiger partial charge in [-0.05, 0) is 38.1 Å². The fourth-order valence-corrected chi connectivity index (χ4v) is 2.94. The minimum Gasteiger partial charge on any atom is -0.475 e. The summed E-state index contributed by atoms with van der Waals surface area (Å²) in [6.45, 7) is 3.64. The molecular formula is C20H19F6N5O2. The summed E-state index contributed by atoms with van der Waals surface area (Å²) in [6.07, 6.45) is -7.12. The molecule has 2 aromatic rings. The van der Waals surface area contributed by atoms with Crippen molar-refractivity contribution < 1.29 is 36.2 Å². The Labute approximate surface area is 184 Å². The molecule has 1 fully saturated rings. The first-order valence-corrected chi connectivity index (χ1v) is 9.63. The number of likely N-dealkylation sites (tertiary alicyclic amines) is 1. The zero-order chi connectivity index (χ0) is 24.6. The number of halogens is 6. The molecule has 0 unspecified atom stereocenters. The third-order valence-electron chi connectivity index (χ3n) is 4.49. The second-order valence-electron chi connectivity index (χ2n) is 6.93. The number of nitrogens with one attached hydrogen (secondary N) is 1. The molecule has 0 saturated carbocycles. The van der Waals surface area contributed by atoms with E-state index >= 15 is 0 Å². The fraction of sp³-hybridized carbons (Fsp3) is 0.400. The Bertz CT molecular complexity index is 998. The Morgan fingerprint density at radius 2 is 1.76 bits per heavy atom. The Morgan fingerprint density at radius 1 is 1.12 bits per heavy atom. The van der Waals surface area contributed by atoms with Crippen LogP contribution in [0.5, 0.6) is 0 Å². The smallest absolute Gasteiger partial charge is 0.475 e. The van der Waals surface area contributed by atoms with Gasteiger partial charge in [0.15, 0.2) is 0 Å². The molecule has 178 valence electrons. The number of nitrogens with zero attached hydrogens (tertiary/aromatic N) is 4. The second kappa shape index (κ2) is 11.0. The summed E-state index contributed by atoms with van der Waals surface area (Å²) in [5.74, 6) is -2.40. The van der Waals surface area contributed by atoms with E-state index in [0.29, 0.717) is 17.9 Å². The van der Waals surface area contributed by atoms with Gasteiger partial charge in [-0.25, -0.2) is 14.8 Å². The summed E-state index contributed by atoms with van der Waals surface area (Å²) in [7, 11) is 0. The Hall–Kier alpha value is -3.40. The molecule has 3 rings (SSSR count). The van der Waals surface area contributed by atoms with Crippen molar-refractivity contribution in [3.63, 3.8) is 0 Å². The van der Waals surface area contributed by atoms with Crippen LogP contribution < -0.4 is 5.32 Å². The molecule has 7 nitrogen and oxygen atoms in total. The number of carboxylic acid groups (broad SMARTS) is 1. The topological polar surface area (TPSA) is 102 Å². The first-order valence-electron chi connectivity index (χ1n) is 9.63. The van der Waals surface area contributed by atoms with Crippen LogP contribution in [0.15, 0.2) is 30.3 Å². The van der Waals surface area contributed by atoms with Crippen molar-refractivity contribution in [3.8, 4) is 17.3 Å². The molecule has 2 N–H and O–H groups in total. The van der Waals surface area contributed by atoms with Gasteiger partial charge in [-0.1, -0.05) is 12.1 Å². The number of carbonyl (C=O) groups is 1. The van der Waals surface area contributed by atoms with Crippen LogP contribution in [-0.4, -0.2) is 58.3 Å². The van der Waals surface area contributed by atoms with Crippen LogP contribution in [0.25, 0.3) is 11.3 Å². The summed E-state index contributed by atoms with van der Waals surface area (Å²) < 4.78 is 70.5. The van der Waals surface area contributed by atoms with E-state index in [-0.39, 0.29) is 11.5 Å². The summed E-state index contributed by atoms with van der Waals surface area (Å²) >= 11 is 0. The maximum Gasteiger partial charge on any atom is 0.490 e. The molecule has 1 aromatic heterocycles. The summed E-state index contributed by atoms with van der Waals surface area (Å²) in [5.41, 5.74) is -0.177. The molecule has 1 aliphatic rings. The van der Waals surface area contributed by atoms with Gasteiger partial charge in [0.05, 0.1) is 11.3 Å². The fourth-order valence-electron chi connectivity index (χ4n) is 2.94. The Kier molecular flexibility index (Phi) is 8.58. The molecule has 0 amide bonds. The number of hydrogen-bond acceptors (Lipinski definition) is 6. The number of alkyl halides is 6. The number of rotatable bonds is 5. The lowest BCUT2D eigenvalue weighted by molar-refractivity contribution is -0.192. The molecule has 0 aliphatic carbocycles. The molecule has 33 heavy (non-hydrogen) atoms. The SMILES string of the molecule is N#Cc1nc(NCCN2CCCC2)cc(-c2cccc(C(F)(F)F)c2)n1.O=C(O)C(F)(F)F. The minimum atomic E-state index is -5.08. The quantitative estimate of drug-likeness (QED) is 0.626. The maximum atomic E-state index is 12.9. The highest BCUT2D eigenvalue weighted by atomic mass is 19.4. The van der Waals surface area contributed by atoms with Crippen molar-refractivity contribution in [1.82, 2.24) is 14.9 Å². The molecule has 1 aromatic carbocycles. The predicted octanol–water partition coefficient (Wildman–Crippen LogP) is 4.18. The third-order valence-corrected chi connectivity index (χ3v) is 4.49. The monoisotopic (exact) mass is 475 g/mol. The van der Waals surface area contributed by atoms with Gasteiger partial charge in [-0.3, -0.25) is 0 Å². The normalized spacial score (nSPS) is 14.2. The van der Waals surface area contributed by atoms with Crippen molar-refractivity contribution in [2.45, 2.75) is 25.2 Å². The summed E-state index contributed by atoms with van der Waals surface area (Å²) in [5, 5.41) is 19.4. The van der Waals surface area contributed by atoms with Crippen molar-refractivity contribution in [2.75, 3.05) is 31.5 Å². The molecular weight excluding hydrogens is 456 g/mol. The Balaban J connectivity index is 0.000000479.